The standard InChI is InChI=1S/C17H12F6O2/c1-15(25,17(21,22)23)12-5-3-11(4-6-12)13-7-2-10(9-24)8-14(13)16(18,19)20/h2-9,25H,1H3. The molecule has 0 saturated carbocycles. The Kier molecular flexibility index (Phi) is 4.69. The topological polar surface area (TPSA) is 37.3 Å². The summed E-state index contributed by atoms with van der Waals surface area (Å²) in [5.74, 6) is 0. The fourth-order valence-electron chi connectivity index (χ4n) is 2.26. The van der Waals surface area contributed by atoms with E-state index in [2.05, 4.69) is 0 Å². The number of hydrogen-bond acceptors (Lipinski definition) is 2. The van der Waals surface area contributed by atoms with Crippen molar-refractivity contribution in [1.82, 2.24) is 0 Å². The summed E-state index contributed by atoms with van der Waals surface area (Å²) in [6.07, 6.45) is -9.41. The average Bonchev–Trinajstić information content (AvgIpc) is 2.52. The third-order valence-electron chi connectivity index (χ3n) is 3.80. The van der Waals surface area contributed by atoms with Crippen LogP contribution in [0.4, 0.5) is 26.3 Å². The van der Waals surface area contributed by atoms with Crippen LogP contribution in [-0.4, -0.2) is 17.6 Å². The van der Waals surface area contributed by atoms with E-state index in [9.17, 15) is 36.2 Å². The van der Waals surface area contributed by atoms with Gasteiger partial charge < -0.3 is 5.11 Å². The predicted molar refractivity (Wildman–Crippen MR) is 77.9 cm³/mol. The van der Waals surface area contributed by atoms with Gasteiger partial charge >= 0.3 is 12.4 Å². The first-order valence-corrected chi connectivity index (χ1v) is 6.94. The summed E-state index contributed by atoms with van der Waals surface area (Å²) >= 11 is 0. The lowest BCUT2D eigenvalue weighted by atomic mass is 9.91. The zero-order valence-corrected chi connectivity index (χ0v) is 12.7. The SMILES string of the molecule is CC(O)(c1ccc(-c2ccc(C=O)cc2C(F)(F)F)cc1)C(F)(F)F. The molecule has 0 aliphatic carbocycles. The molecule has 1 atom stereocenters. The molecule has 0 radical (unpaired) electrons. The van der Waals surface area contributed by atoms with Gasteiger partial charge in [0.25, 0.3) is 0 Å². The Labute approximate surface area is 138 Å². The summed E-state index contributed by atoms with van der Waals surface area (Å²) < 4.78 is 78.0. The maximum Gasteiger partial charge on any atom is 0.421 e. The smallest absolute Gasteiger partial charge is 0.376 e. The van der Waals surface area contributed by atoms with Gasteiger partial charge in [-0.1, -0.05) is 36.4 Å². The van der Waals surface area contributed by atoms with Crippen LogP contribution in [-0.2, 0) is 11.8 Å². The molecule has 1 N–H and O–H groups in total. The van der Waals surface area contributed by atoms with Crippen LogP contribution < -0.4 is 0 Å². The third-order valence-corrected chi connectivity index (χ3v) is 3.80. The van der Waals surface area contributed by atoms with Crippen molar-refractivity contribution in [3.8, 4) is 11.1 Å². The van der Waals surface area contributed by atoms with Crippen molar-refractivity contribution in [3.05, 3.63) is 59.2 Å². The van der Waals surface area contributed by atoms with Gasteiger partial charge in [0.1, 0.15) is 6.29 Å². The summed E-state index contributed by atoms with van der Waals surface area (Å²) in [5, 5.41) is 9.59. The first kappa shape index (κ1) is 19.0. The predicted octanol–water partition coefficient (Wildman–Crippen LogP) is 4.95. The lowest BCUT2D eigenvalue weighted by molar-refractivity contribution is -0.258. The lowest BCUT2D eigenvalue weighted by Gasteiger charge is -2.26. The highest BCUT2D eigenvalue weighted by Crippen LogP contribution is 2.41. The molecule has 2 rings (SSSR count). The van der Waals surface area contributed by atoms with Crippen molar-refractivity contribution in [1.29, 1.82) is 0 Å². The van der Waals surface area contributed by atoms with Gasteiger partial charge in [-0.3, -0.25) is 4.79 Å². The van der Waals surface area contributed by atoms with E-state index in [0.717, 1.165) is 30.3 Å². The normalized spacial score (nSPS) is 14.9. The van der Waals surface area contributed by atoms with E-state index in [0.29, 0.717) is 13.0 Å². The van der Waals surface area contributed by atoms with E-state index in [-0.39, 0.29) is 23.0 Å². The Bertz CT molecular complexity index is 773. The number of halogens is 6. The molecule has 2 nitrogen and oxygen atoms in total. The van der Waals surface area contributed by atoms with Gasteiger partial charge in [0, 0.05) is 5.56 Å². The minimum Gasteiger partial charge on any atom is -0.376 e. The Morgan fingerprint density at radius 1 is 0.920 bits per heavy atom. The van der Waals surface area contributed by atoms with Gasteiger partial charge in [-0.05, 0) is 29.7 Å². The summed E-state index contributed by atoms with van der Waals surface area (Å²) in [5.41, 5.74) is -5.15. The average molecular weight is 362 g/mol. The second-order valence-electron chi connectivity index (χ2n) is 5.57. The van der Waals surface area contributed by atoms with Gasteiger partial charge in [0.2, 0.25) is 0 Å². The van der Waals surface area contributed by atoms with E-state index < -0.39 is 29.1 Å². The summed E-state index contributed by atoms with van der Waals surface area (Å²) in [6, 6.07) is 6.86. The second kappa shape index (κ2) is 6.18. The molecule has 0 spiro atoms. The quantitative estimate of drug-likeness (QED) is 0.619. The highest BCUT2D eigenvalue weighted by molar-refractivity contribution is 5.79. The van der Waals surface area contributed by atoms with Gasteiger partial charge in [-0.25, -0.2) is 0 Å². The molecule has 0 aromatic heterocycles. The molecule has 0 aliphatic heterocycles. The highest BCUT2D eigenvalue weighted by atomic mass is 19.4. The number of rotatable bonds is 3. The summed E-state index contributed by atoms with van der Waals surface area (Å²) in [7, 11) is 0. The largest absolute Gasteiger partial charge is 0.421 e. The Morgan fingerprint density at radius 3 is 1.92 bits per heavy atom. The van der Waals surface area contributed by atoms with Crippen molar-refractivity contribution < 1.29 is 36.2 Å². The zero-order valence-electron chi connectivity index (χ0n) is 12.7. The number of aliphatic hydroxyl groups is 1. The molecule has 2 aromatic rings. The Hall–Kier alpha value is -2.35. The fraction of sp³-hybridized carbons (Fsp3) is 0.235. The molecular weight excluding hydrogens is 350 g/mol. The molecule has 1 unspecified atom stereocenters. The van der Waals surface area contributed by atoms with Crippen LogP contribution in [0.2, 0.25) is 0 Å². The molecule has 0 saturated heterocycles. The minimum absolute atomic E-state index is 0.00602. The number of hydrogen-bond donors (Lipinski definition) is 1. The van der Waals surface area contributed by atoms with Crippen molar-refractivity contribution in [2.45, 2.75) is 24.9 Å². The van der Waals surface area contributed by atoms with Crippen LogP contribution in [0.5, 0.6) is 0 Å². The molecule has 2 aromatic carbocycles. The van der Waals surface area contributed by atoms with Crippen LogP contribution in [0, 0.1) is 0 Å². The molecule has 8 heteroatoms. The number of carbonyl (C=O) groups excluding carboxylic acids is 1. The van der Waals surface area contributed by atoms with Crippen molar-refractivity contribution in [2.75, 3.05) is 0 Å². The Balaban J connectivity index is 2.53. The van der Waals surface area contributed by atoms with E-state index in [1.165, 1.54) is 6.07 Å². The van der Waals surface area contributed by atoms with E-state index in [4.69, 9.17) is 0 Å². The summed E-state index contributed by atoms with van der Waals surface area (Å²) in [4.78, 5) is 10.7. The van der Waals surface area contributed by atoms with E-state index >= 15 is 0 Å². The maximum absolute atomic E-state index is 13.2. The maximum atomic E-state index is 13.2. The summed E-state index contributed by atoms with van der Waals surface area (Å²) in [6.45, 7) is 0.558. The highest BCUT2D eigenvalue weighted by Gasteiger charge is 2.51. The number of alkyl halides is 6. The van der Waals surface area contributed by atoms with Crippen molar-refractivity contribution >= 4 is 6.29 Å². The molecule has 0 amide bonds. The van der Waals surface area contributed by atoms with Crippen LogP contribution in [0.1, 0.15) is 28.4 Å². The number of benzene rings is 2. The van der Waals surface area contributed by atoms with E-state index in [1.54, 1.807) is 0 Å². The monoisotopic (exact) mass is 362 g/mol. The van der Waals surface area contributed by atoms with Crippen LogP contribution in [0.25, 0.3) is 11.1 Å². The first-order chi connectivity index (χ1) is 11.4. The molecule has 0 aliphatic rings. The molecule has 0 bridgehead atoms. The molecule has 25 heavy (non-hydrogen) atoms. The first-order valence-electron chi connectivity index (χ1n) is 6.94. The fourth-order valence-corrected chi connectivity index (χ4v) is 2.26. The number of aldehydes is 1. The van der Waals surface area contributed by atoms with Crippen LogP contribution in [0.3, 0.4) is 0 Å². The van der Waals surface area contributed by atoms with Crippen molar-refractivity contribution in [3.63, 3.8) is 0 Å². The van der Waals surface area contributed by atoms with Gasteiger partial charge in [-0.2, -0.15) is 26.3 Å². The van der Waals surface area contributed by atoms with Crippen LogP contribution in [0.15, 0.2) is 42.5 Å². The van der Waals surface area contributed by atoms with Crippen molar-refractivity contribution in [2.24, 2.45) is 0 Å². The molecular formula is C17H12F6O2. The molecule has 134 valence electrons. The van der Waals surface area contributed by atoms with Crippen LogP contribution >= 0.6 is 0 Å². The van der Waals surface area contributed by atoms with Gasteiger partial charge in [-0.15, -0.1) is 0 Å². The molecule has 0 heterocycles. The number of carbonyl (C=O) groups is 1. The second-order valence-corrected chi connectivity index (χ2v) is 5.57. The Morgan fingerprint density at radius 2 is 1.48 bits per heavy atom. The zero-order chi connectivity index (χ0) is 19.0. The lowest BCUT2D eigenvalue weighted by Crippen LogP contribution is -2.39. The van der Waals surface area contributed by atoms with E-state index in [1.807, 2.05) is 0 Å². The minimum atomic E-state index is -4.93. The third kappa shape index (κ3) is 3.68. The van der Waals surface area contributed by atoms with Gasteiger partial charge in [0.05, 0.1) is 5.56 Å². The van der Waals surface area contributed by atoms with Gasteiger partial charge in [0.15, 0.2) is 5.60 Å². The molecule has 0 fully saturated rings.